The first kappa shape index (κ1) is 13.4. The Morgan fingerprint density at radius 3 is 1.71 bits per heavy atom. The van der Waals surface area contributed by atoms with E-state index in [1.807, 2.05) is 0 Å². The minimum Gasteiger partial charge on any atom is -0.496 e. The lowest BCUT2D eigenvalue weighted by molar-refractivity contribution is 0.350. The molecule has 0 radical (unpaired) electrons. The Morgan fingerprint density at radius 1 is 0.941 bits per heavy atom. The quantitative estimate of drug-likeness (QED) is 0.739. The highest BCUT2D eigenvalue weighted by Crippen LogP contribution is 2.41. The third kappa shape index (κ3) is 3.42. The second-order valence-electron chi connectivity index (χ2n) is 3.15. The molecule has 0 bridgehead atoms. The predicted molar refractivity (Wildman–Crippen MR) is 61.6 cm³/mol. The molecule has 6 nitrogen and oxygen atoms in total. The van der Waals surface area contributed by atoms with Crippen molar-refractivity contribution in [3.05, 3.63) is 12.1 Å². The lowest BCUT2D eigenvalue weighted by Crippen LogP contribution is -2.08. The Kier molecular flexibility index (Phi) is 4.06. The maximum absolute atomic E-state index is 11.1. The Labute approximate surface area is 100 Å². The van der Waals surface area contributed by atoms with Crippen LogP contribution in [0.1, 0.15) is 0 Å². The van der Waals surface area contributed by atoms with Crippen molar-refractivity contribution in [1.29, 1.82) is 0 Å². The Hall–Kier alpha value is -1.63. The fourth-order valence-electron chi connectivity index (χ4n) is 1.21. The number of benzene rings is 1. The molecule has 0 saturated heterocycles. The maximum Gasteiger partial charge on any atom is 0.306 e. The van der Waals surface area contributed by atoms with Crippen molar-refractivity contribution in [2.45, 2.75) is 0 Å². The zero-order valence-corrected chi connectivity index (χ0v) is 10.8. The van der Waals surface area contributed by atoms with Crippen LogP contribution in [0.25, 0.3) is 0 Å². The molecule has 17 heavy (non-hydrogen) atoms. The van der Waals surface area contributed by atoms with Gasteiger partial charge in [0.05, 0.1) is 27.6 Å². The number of hydrogen-bond donors (Lipinski definition) is 0. The SMILES string of the molecule is COc1cc(OC)c(OS(C)(=O)=O)c(OC)c1. The third-order valence-corrected chi connectivity index (χ3v) is 2.37. The smallest absolute Gasteiger partial charge is 0.306 e. The van der Waals surface area contributed by atoms with Crippen molar-refractivity contribution in [2.24, 2.45) is 0 Å². The van der Waals surface area contributed by atoms with Crippen molar-refractivity contribution in [3.63, 3.8) is 0 Å². The van der Waals surface area contributed by atoms with E-state index in [4.69, 9.17) is 18.4 Å². The summed E-state index contributed by atoms with van der Waals surface area (Å²) in [6.07, 6.45) is 0.941. The lowest BCUT2D eigenvalue weighted by atomic mass is 10.2. The molecule has 0 aliphatic rings. The molecular weight excluding hydrogens is 248 g/mol. The highest BCUT2D eigenvalue weighted by Gasteiger charge is 2.18. The fraction of sp³-hybridized carbons (Fsp3) is 0.400. The largest absolute Gasteiger partial charge is 0.496 e. The van der Waals surface area contributed by atoms with Gasteiger partial charge in [-0.15, -0.1) is 0 Å². The normalized spacial score (nSPS) is 10.8. The number of hydrogen-bond acceptors (Lipinski definition) is 6. The van der Waals surface area contributed by atoms with E-state index in [-0.39, 0.29) is 17.2 Å². The summed E-state index contributed by atoms with van der Waals surface area (Å²) in [5.74, 6) is 0.899. The topological polar surface area (TPSA) is 71.1 Å². The summed E-state index contributed by atoms with van der Waals surface area (Å²) in [5, 5.41) is 0. The van der Waals surface area contributed by atoms with Crippen LogP contribution in [0.5, 0.6) is 23.0 Å². The van der Waals surface area contributed by atoms with Crippen LogP contribution in [-0.2, 0) is 10.1 Å². The molecule has 1 aromatic carbocycles. The molecule has 0 unspecified atom stereocenters. The Morgan fingerprint density at radius 2 is 1.41 bits per heavy atom. The molecule has 0 N–H and O–H groups in total. The van der Waals surface area contributed by atoms with E-state index < -0.39 is 10.1 Å². The van der Waals surface area contributed by atoms with Gasteiger partial charge in [0.15, 0.2) is 11.5 Å². The van der Waals surface area contributed by atoms with E-state index in [2.05, 4.69) is 0 Å². The lowest BCUT2D eigenvalue weighted by Gasteiger charge is -2.14. The molecule has 7 heteroatoms. The summed E-state index contributed by atoms with van der Waals surface area (Å²) in [6, 6.07) is 3.01. The summed E-state index contributed by atoms with van der Waals surface area (Å²) in [4.78, 5) is 0. The zero-order valence-electron chi connectivity index (χ0n) is 10.0. The van der Waals surface area contributed by atoms with Crippen LogP contribution in [0, 0.1) is 0 Å². The van der Waals surface area contributed by atoms with Crippen LogP contribution >= 0.6 is 0 Å². The van der Waals surface area contributed by atoms with Gasteiger partial charge in [0.2, 0.25) is 5.75 Å². The molecular formula is C10H14O6S. The molecule has 0 atom stereocenters. The van der Waals surface area contributed by atoms with Crippen LogP contribution in [0.3, 0.4) is 0 Å². The highest BCUT2D eigenvalue weighted by molar-refractivity contribution is 7.86. The van der Waals surface area contributed by atoms with Crippen molar-refractivity contribution in [3.8, 4) is 23.0 Å². The van der Waals surface area contributed by atoms with Crippen molar-refractivity contribution >= 4 is 10.1 Å². The summed E-state index contributed by atoms with van der Waals surface area (Å²) >= 11 is 0. The van der Waals surface area contributed by atoms with Crippen LogP contribution in [0.2, 0.25) is 0 Å². The summed E-state index contributed by atoms with van der Waals surface area (Å²) in [5.41, 5.74) is 0. The summed E-state index contributed by atoms with van der Waals surface area (Å²) in [6.45, 7) is 0. The minimum atomic E-state index is -3.66. The van der Waals surface area contributed by atoms with E-state index in [1.54, 1.807) is 0 Å². The first-order valence-electron chi connectivity index (χ1n) is 4.60. The second-order valence-corrected chi connectivity index (χ2v) is 4.72. The molecule has 1 rings (SSSR count). The molecule has 0 aromatic heterocycles. The molecule has 0 amide bonds. The van der Waals surface area contributed by atoms with E-state index >= 15 is 0 Å². The molecule has 0 spiro atoms. The Bertz CT molecular complexity index is 469. The predicted octanol–water partition coefficient (Wildman–Crippen LogP) is 1.05. The van der Waals surface area contributed by atoms with Gasteiger partial charge in [-0.25, -0.2) is 0 Å². The first-order valence-corrected chi connectivity index (χ1v) is 6.42. The molecule has 0 heterocycles. The van der Waals surface area contributed by atoms with Crippen LogP contribution < -0.4 is 18.4 Å². The minimum absolute atomic E-state index is 0.00157. The van der Waals surface area contributed by atoms with Gasteiger partial charge in [-0.2, -0.15) is 8.42 Å². The van der Waals surface area contributed by atoms with E-state index in [0.717, 1.165) is 6.26 Å². The monoisotopic (exact) mass is 262 g/mol. The van der Waals surface area contributed by atoms with Gasteiger partial charge >= 0.3 is 10.1 Å². The standard InChI is InChI=1S/C10H14O6S/c1-13-7-5-8(14-2)10(9(6-7)15-3)16-17(4,11)12/h5-6H,1-4H3. The Balaban J connectivity index is 3.34. The van der Waals surface area contributed by atoms with Gasteiger partial charge in [-0.05, 0) is 0 Å². The summed E-state index contributed by atoms with van der Waals surface area (Å²) in [7, 11) is 0.599. The first-order chi connectivity index (χ1) is 7.91. The van der Waals surface area contributed by atoms with Crippen molar-refractivity contribution < 1.29 is 26.8 Å². The van der Waals surface area contributed by atoms with Crippen molar-refractivity contribution in [2.75, 3.05) is 27.6 Å². The number of rotatable bonds is 5. The highest BCUT2D eigenvalue weighted by atomic mass is 32.2. The molecule has 0 fully saturated rings. The van der Waals surface area contributed by atoms with Crippen LogP contribution in [-0.4, -0.2) is 36.0 Å². The van der Waals surface area contributed by atoms with Crippen LogP contribution in [0.15, 0.2) is 12.1 Å². The third-order valence-electron chi connectivity index (χ3n) is 1.90. The number of methoxy groups -OCH3 is 3. The molecule has 96 valence electrons. The van der Waals surface area contributed by atoms with Crippen molar-refractivity contribution in [1.82, 2.24) is 0 Å². The van der Waals surface area contributed by atoms with E-state index in [1.165, 1.54) is 33.5 Å². The average molecular weight is 262 g/mol. The zero-order chi connectivity index (χ0) is 13.1. The van der Waals surface area contributed by atoms with Gasteiger partial charge in [-0.1, -0.05) is 0 Å². The van der Waals surface area contributed by atoms with Gasteiger partial charge in [0.1, 0.15) is 5.75 Å². The van der Waals surface area contributed by atoms with E-state index in [9.17, 15) is 8.42 Å². The fourth-order valence-corrected chi connectivity index (χ4v) is 1.67. The molecule has 0 saturated carbocycles. The average Bonchev–Trinajstić information content (AvgIpc) is 2.27. The van der Waals surface area contributed by atoms with Crippen LogP contribution in [0.4, 0.5) is 0 Å². The number of ether oxygens (including phenoxy) is 3. The molecule has 1 aromatic rings. The molecule has 0 aliphatic heterocycles. The van der Waals surface area contributed by atoms with Gasteiger partial charge in [0, 0.05) is 12.1 Å². The van der Waals surface area contributed by atoms with Gasteiger partial charge in [-0.3, -0.25) is 0 Å². The maximum atomic E-state index is 11.1. The summed E-state index contributed by atoms with van der Waals surface area (Å²) < 4.78 is 42.1. The molecule has 0 aliphatic carbocycles. The van der Waals surface area contributed by atoms with Gasteiger partial charge in [0.25, 0.3) is 0 Å². The van der Waals surface area contributed by atoms with E-state index in [0.29, 0.717) is 5.75 Å². The second kappa shape index (κ2) is 5.13. The van der Waals surface area contributed by atoms with Gasteiger partial charge < -0.3 is 18.4 Å².